The van der Waals surface area contributed by atoms with E-state index in [9.17, 15) is 5.11 Å². The molecule has 2 atom stereocenters. The Morgan fingerprint density at radius 2 is 2.07 bits per heavy atom. The summed E-state index contributed by atoms with van der Waals surface area (Å²) in [6.45, 7) is 5.44. The zero-order valence-electron chi connectivity index (χ0n) is 17.9. The van der Waals surface area contributed by atoms with Gasteiger partial charge in [-0.15, -0.1) is 0 Å². The number of hydrogen-bond acceptors (Lipinski definition) is 6. The third-order valence-electron chi connectivity index (χ3n) is 5.56. The van der Waals surface area contributed by atoms with Crippen molar-refractivity contribution in [1.29, 1.82) is 5.41 Å². The fourth-order valence-corrected chi connectivity index (χ4v) is 3.83. The normalized spacial score (nSPS) is 18.7. The van der Waals surface area contributed by atoms with Gasteiger partial charge in [-0.25, -0.2) is 0 Å². The Labute approximate surface area is 177 Å². The molecule has 0 amide bonds. The van der Waals surface area contributed by atoms with E-state index >= 15 is 0 Å². The minimum atomic E-state index is -0.693. The topological polar surface area (TPSA) is 121 Å². The molecular formula is C22H33N5O3. The van der Waals surface area contributed by atoms with Crippen LogP contribution in [0.1, 0.15) is 69.4 Å². The number of unbranched alkanes of at least 4 members (excludes halogenated alkanes) is 5. The van der Waals surface area contributed by atoms with Gasteiger partial charge in [0.15, 0.2) is 5.96 Å². The van der Waals surface area contributed by atoms with Gasteiger partial charge in [-0.2, -0.15) is 4.98 Å². The van der Waals surface area contributed by atoms with E-state index < -0.39 is 12.1 Å². The molecule has 0 spiro atoms. The highest BCUT2D eigenvalue weighted by molar-refractivity contribution is 5.75. The van der Waals surface area contributed by atoms with Gasteiger partial charge in [0.25, 0.3) is 5.89 Å². The first-order chi connectivity index (χ1) is 14.5. The van der Waals surface area contributed by atoms with Crippen molar-refractivity contribution in [2.75, 3.05) is 13.2 Å². The van der Waals surface area contributed by atoms with Crippen LogP contribution in [0.15, 0.2) is 22.7 Å². The first kappa shape index (κ1) is 22.1. The second kappa shape index (κ2) is 10.4. The molecule has 1 aromatic carbocycles. The Balaban J connectivity index is 1.60. The summed E-state index contributed by atoms with van der Waals surface area (Å²) in [5, 5.41) is 22.0. The number of aliphatic hydroxyl groups is 1. The molecule has 0 radical (unpaired) electrons. The Morgan fingerprint density at radius 3 is 2.80 bits per heavy atom. The van der Waals surface area contributed by atoms with Crippen molar-refractivity contribution in [3.63, 3.8) is 0 Å². The van der Waals surface area contributed by atoms with E-state index in [-0.39, 0.29) is 11.9 Å². The van der Waals surface area contributed by atoms with Crippen LogP contribution >= 0.6 is 0 Å². The number of aromatic nitrogens is 2. The molecule has 2 heterocycles. The number of hydrogen-bond donors (Lipinski definition) is 3. The molecule has 1 aliphatic heterocycles. The Morgan fingerprint density at radius 1 is 1.30 bits per heavy atom. The van der Waals surface area contributed by atoms with E-state index in [0.29, 0.717) is 18.8 Å². The lowest BCUT2D eigenvalue weighted by Gasteiger charge is -2.22. The number of nitrogens with two attached hydrogens (primary N) is 1. The smallest absolute Gasteiger partial charge is 0.252 e. The van der Waals surface area contributed by atoms with Gasteiger partial charge in [0, 0.05) is 12.1 Å². The van der Waals surface area contributed by atoms with Crippen LogP contribution in [0.25, 0.3) is 11.4 Å². The van der Waals surface area contributed by atoms with Crippen LogP contribution in [0, 0.1) is 12.3 Å². The molecule has 1 saturated heterocycles. The second-order valence-electron chi connectivity index (χ2n) is 7.93. The Hall–Kier alpha value is -2.61. The maximum atomic E-state index is 10.2. The highest BCUT2D eigenvalue weighted by Gasteiger charge is 2.39. The number of guanidine groups is 1. The number of rotatable bonds is 10. The molecule has 1 fully saturated rings. The molecule has 2 aromatic rings. The molecule has 0 unspecified atom stereocenters. The molecule has 3 rings (SSSR count). The van der Waals surface area contributed by atoms with Crippen LogP contribution in [-0.4, -0.2) is 45.4 Å². The SMILES string of the molecule is CCCCCCCCOc1ccc(-c2noc([C@@H]3[C@@H](O)CCN3C(=N)N)n2)cc1C. The highest BCUT2D eigenvalue weighted by Crippen LogP contribution is 2.32. The van der Waals surface area contributed by atoms with Crippen molar-refractivity contribution in [3.8, 4) is 17.1 Å². The van der Waals surface area contributed by atoms with Gasteiger partial charge in [-0.1, -0.05) is 44.2 Å². The molecule has 1 aliphatic rings. The van der Waals surface area contributed by atoms with Gasteiger partial charge in [0.05, 0.1) is 12.7 Å². The minimum Gasteiger partial charge on any atom is -0.493 e. The van der Waals surface area contributed by atoms with Crippen molar-refractivity contribution < 1.29 is 14.4 Å². The minimum absolute atomic E-state index is 0.112. The number of aliphatic hydroxyl groups excluding tert-OH is 1. The number of ether oxygens (including phenoxy) is 1. The van der Waals surface area contributed by atoms with Gasteiger partial charge >= 0.3 is 0 Å². The first-order valence-electron chi connectivity index (χ1n) is 10.9. The average molecular weight is 416 g/mol. The molecule has 8 heteroatoms. The molecule has 0 bridgehead atoms. The van der Waals surface area contributed by atoms with Crippen molar-refractivity contribution in [2.45, 2.75) is 70.9 Å². The lowest BCUT2D eigenvalue weighted by Crippen LogP contribution is -2.37. The fourth-order valence-electron chi connectivity index (χ4n) is 3.83. The quantitative estimate of drug-likeness (QED) is 0.307. The van der Waals surface area contributed by atoms with Crippen molar-refractivity contribution in [1.82, 2.24) is 15.0 Å². The molecule has 164 valence electrons. The number of likely N-dealkylation sites (tertiary alicyclic amines) is 1. The average Bonchev–Trinajstić information content (AvgIpc) is 3.35. The highest BCUT2D eigenvalue weighted by atomic mass is 16.5. The fraction of sp³-hybridized carbons (Fsp3) is 0.591. The van der Waals surface area contributed by atoms with Gasteiger partial charge in [0.2, 0.25) is 5.82 Å². The van der Waals surface area contributed by atoms with Gasteiger partial charge < -0.3 is 25.0 Å². The zero-order chi connectivity index (χ0) is 21.5. The summed E-state index contributed by atoms with van der Waals surface area (Å²) < 4.78 is 11.3. The van der Waals surface area contributed by atoms with Gasteiger partial charge in [-0.3, -0.25) is 5.41 Å². The summed E-state index contributed by atoms with van der Waals surface area (Å²) in [4.78, 5) is 6.03. The summed E-state index contributed by atoms with van der Waals surface area (Å²) in [6.07, 6.45) is 7.23. The van der Waals surface area contributed by atoms with Crippen LogP contribution in [0.4, 0.5) is 0 Å². The summed E-state index contributed by atoms with van der Waals surface area (Å²) in [7, 11) is 0. The van der Waals surface area contributed by atoms with Crippen LogP contribution in [0.3, 0.4) is 0 Å². The monoisotopic (exact) mass is 415 g/mol. The predicted octanol–water partition coefficient (Wildman–Crippen LogP) is 3.79. The lowest BCUT2D eigenvalue weighted by molar-refractivity contribution is 0.118. The largest absolute Gasteiger partial charge is 0.493 e. The molecule has 30 heavy (non-hydrogen) atoms. The van der Waals surface area contributed by atoms with E-state index in [0.717, 1.165) is 29.9 Å². The van der Waals surface area contributed by atoms with Crippen molar-refractivity contribution in [2.24, 2.45) is 5.73 Å². The van der Waals surface area contributed by atoms with Gasteiger partial charge in [-0.05, 0) is 43.5 Å². The van der Waals surface area contributed by atoms with Crippen LogP contribution < -0.4 is 10.5 Å². The number of aryl methyl sites for hydroxylation is 1. The van der Waals surface area contributed by atoms with E-state index in [2.05, 4.69) is 17.1 Å². The summed E-state index contributed by atoms with van der Waals surface area (Å²) in [5.41, 5.74) is 7.44. The number of nitrogens with one attached hydrogen (secondary N) is 1. The van der Waals surface area contributed by atoms with Gasteiger partial charge in [0.1, 0.15) is 11.8 Å². The molecule has 0 aliphatic carbocycles. The van der Waals surface area contributed by atoms with Crippen LogP contribution in [0.2, 0.25) is 0 Å². The number of benzene rings is 1. The van der Waals surface area contributed by atoms with E-state index in [1.165, 1.54) is 32.1 Å². The summed E-state index contributed by atoms with van der Waals surface area (Å²) >= 11 is 0. The first-order valence-corrected chi connectivity index (χ1v) is 10.9. The predicted molar refractivity (Wildman–Crippen MR) is 115 cm³/mol. The van der Waals surface area contributed by atoms with Crippen molar-refractivity contribution in [3.05, 3.63) is 29.7 Å². The standard InChI is InChI=1S/C22H33N5O3/c1-3-4-5-6-7-8-13-29-18-10-9-16(14-15(18)2)20-25-21(30-26-20)19-17(28)11-12-27(19)22(23)24/h9-10,14,17,19,28H,3-8,11-13H2,1-2H3,(H3,23,24)/t17-,19-/m0/s1. The third kappa shape index (κ3) is 5.30. The lowest BCUT2D eigenvalue weighted by atomic mass is 10.1. The zero-order valence-corrected chi connectivity index (χ0v) is 17.9. The third-order valence-corrected chi connectivity index (χ3v) is 5.56. The molecular weight excluding hydrogens is 382 g/mol. The van der Waals surface area contributed by atoms with Crippen molar-refractivity contribution >= 4 is 5.96 Å². The summed E-state index contributed by atoms with van der Waals surface area (Å²) in [5.74, 6) is 1.47. The van der Waals surface area contributed by atoms with E-state index in [1.54, 1.807) is 4.90 Å². The summed E-state index contributed by atoms with van der Waals surface area (Å²) in [6, 6.07) is 5.24. The Kier molecular flexibility index (Phi) is 7.68. The van der Waals surface area contributed by atoms with E-state index in [4.69, 9.17) is 20.4 Å². The maximum Gasteiger partial charge on any atom is 0.252 e. The van der Waals surface area contributed by atoms with E-state index in [1.807, 2.05) is 25.1 Å². The molecule has 0 saturated carbocycles. The molecule has 8 nitrogen and oxygen atoms in total. The molecule has 4 N–H and O–H groups in total. The second-order valence-corrected chi connectivity index (χ2v) is 7.93. The maximum absolute atomic E-state index is 10.2. The Bertz CT molecular complexity index is 838. The molecule has 1 aromatic heterocycles. The van der Waals surface area contributed by atoms with Crippen LogP contribution in [-0.2, 0) is 0 Å². The number of nitrogens with zero attached hydrogens (tertiary/aromatic N) is 3. The van der Waals surface area contributed by atoms with Crippen LogP contribution in [0.5, 0.6) is 5.75 Å².